The molecule has 0 saturated carbocycles. The summed E-state index contributed by atoms with van der Waals surface area (Å²) >= 11 is 0. The van der Waals surface area contributed by atoms with Gasteiger partial charge < -0.3 is 14.8 Å². The molecule has 3 heteroatoms. The number of hydrogen-bond acceptors (Lipinski definition) is 3. The molecule has 3 nitrogen and oxygen atoms in total. The first kappa shape index (κ1) is 14.8. The van der Waals surface area contributed by atoms with E-state index >= 15 is 0 Å². The Balaban J connectivity index is 2.62. The molecule has 0 radical (unpaired) electrons. The predicted molar refractivity (Wildman–Crippen MR) is 75.3 cm³/mol. The molecule has 0 atom stereocenters. The molecule has 0 bridgehead atoms. The summed E-state index contributed by atoms with van der Waals surface area (Å²) in [5.41, 5.74) is 1.51. The summed E-state index contributed by atoms with van der Waals surface area (Å²) in [5.74, 6) is 1.60. The van der Waals surface area contributed by atoms with Crippen LogP contribution in [0.2, 0.25) is 0 Å². The van der Waals surface area contributed by atoms with E-state index in [1.165, 1.54) is 5.56 Å². The van der Waals surface area contributed by atoms with E-state index in [-0.39, 0.29) is 0 Å². The molecular weight excluding hydrogens is 226 g/mol. The van der Waals surface area contributed by atoms with Crippen LogP contribution in [0.25, 0.3) is 0 Å². The van der Waals surface area contributed by atoms with Gasteiger partial charge in [0.05, 0.1) is 13.7 Å². The van der Waals surface area contributed by atoms with Crippen molar-refractivity contribution in [2.24, 2.45) is 5.41 Å². The van der Waals surface area contributed by atoms with Crippen LogP contribution in [0.4, 0.5) is 0 Å². The Kier molecular flexibility index (Phi) is 5.48. The third kappa shape index (κ3) is 4.96. The first-order valence-electron chi connectivity index (χ1n) is 6.46. The van der Waals surface area contributed by atoms with E-state index in [0.29, 0.717) is 12.0 Å². The van der Waals surface area contributed by atoms with E-state index in [1.807, 2.05) is 19.1 Å². The van der Waals surface area contributed by atoms with Gasteiger partial charge in [-0.25, -0.2) is 0 Å². The van der Waals surface area contributed by atoms with Crippen LogP contribution in [0, 0.1) is 5.41 Å². The highest BCUT2D eigenvalue weighted by Crippen LogP contribution is 2.28. The lowest BCUT2D eigenvalue weighted by Crippen LogP contribution is -2.26. The highest BCUT2D eigenvalue weighted by atomic mass is 16.5. The molecule has 0 saturated heterocycles. The van der Waals surface area contributed by atoms with E-state index in [4.69, 9.17) is 9.47 Å². The average molecular weight is 251 g/mol. The smallest absolute Gasteiger partial charge is 0.161 e. The van der Waals surface area contributed by atoms with Crippen molar-refractivity contribution in [1.29, 1.82) is 0 Å². The van der Waals surface area contributed by atoms with Gasteiger partial charge in [-0.3, -0.25) is 0 Å². The second kappa shape index (κ2) is 6.64. The van der Waals surface area contributed by atoms with Crippen molar-refractivity contribution >= 4 is 0 Å². The Morgan fingerprint density at radius 3 is 2.44 bits per heavy atom. The minimum absolute atomic E-state index is 0.301. The molecule has 0 aromatic heterocycles. The lowest BCUT2D eigenvalue weighted by molar-refractivity contribution is 0.310. The number of methoxy groups -OCH3 is 1. The predicted octanol–water partition coefficient (Wildman–Crippen LogP) is 3.23. The van der Waals surface area contributed by atoms with Gasteiger partial charge in [-0.2, -0.15) is 0 Å². The SMILES string of the molecule is CCOc1ccc(CNCC(C)(C)C)cc1OC. The van der Waals surface area contributed by atoms with Crippen LogP contribution in [0.3, 0.4) is 0 Å². The van der Waals surface area contributed by atoms with Crippen LogP contribution in [-0.4, -0.2) is 20.3 Å². The first-order chi connectivity index (χ1) is 8.46. The number of hydrogen-bond donors (Lipinski definition) is 1. The molecule has 0 unspecified atom stereocenters. The minimum atomic E-state index is 0.301. The van der Waals surface area contributed by atoms with E-state index in [9.17, 15) is 0 Å². The molecule has 0 aliphatic rings. The number of rotatable bonds is 6. The Bertz CT molecular complexity index is 369. The maximum Gasteiger partial charge on any atom is 0.161 e. The third-order valence-electron chi connectivity index (χ3n) is 2.51. The van der Waals surface area contributed by atoms with Crippen molar-refractivity contribution in [3.63, 3.8) is 0 Å². The quantitative estimate of drug-likeness (QED) is 0.842. The molecule has 18 heavy (non-hydrogen) atoms. The zero-order chi connectivity index (χ0) is 13.6. The summed E-state index contributed by atoms with van der Waals surface area (Å²) in [6, 6.07) is 6.07. The van der Waals surface area contributed by atoms with E-state index in [0.717, 1.165) is 24.6 Å². The fourth-order valence-electron chi connectivity index (χ4n) is 1.68. The Morgan fingerprint density at radius 1 is 1.17 bits per heavy atom. The summed E-state index contributed by atoms with van der Waals surface area (Å²) in [6.07, 6.45) is 0. The molecule has 102 valence electrons. The van der Waals surface area contributed by atoms with Crippen LogP contribution < -0.4 is 14.8 Å². The van der Waals surface area contributed by atoms with Gasteiger partial charge >= 0.3 is 0 Å². The lowest BCUT2D eigenvalue weighted by atomic mass is 9.97. The Morgan fingerprint density at radius 2 is 1.89 bits per heavy atom. The molecule has 0 heterocycles. The van der Waals surface area contributed by atoms with Crippen molar-refractivity contribution in [1.82, 2.24) is 5.32 Å². The van der Waals surface area contributed by atoms with Crippen molar-refractivity contribution in [3.05, 3.63) is 23.8 Å². The molecule has 1 aromatic carbocycles. The van der Waals surface area contributed by atoms with Gasteiger partial charge in [-0.05, 0) is 30.0 Å². The molecule has 1 aromatic rings. The number of benzene rings is 1. The van der Waals surface area contributed by atoms with Gasteiger partial charge in [0.1, 0.15) is 0 Å². The molecule has 0 spiro atoms. The maximum atomic E-state index is 5.50. The summed E-state index contributed by atoms with van der Waals surface area (Å²) in [7, 11) is 1.67. The van der Waals surface area contributed by atoms with E-state index in [2.05, 4.69) is 32.2 Å². The van der Waals surface area contributed by atoms with Crippen molar-refractivity contribution in [3.8, 4) is 11.5 Å². The van der Waals surface area contributed by atoms with Crippen LogP contribution in [0.15, 0.2) is 18.2 Å². The largest absolute Gasteiger partial charge is 0.493 e. The lowest BCUT2D eigenvalue weighted by Gasteiger charge is -2.19. The van der Waals surface area contributed by atoms with Gasteiger partial charge in [0, 0.05) is 13.1 Å². The molecule has 0 aliphatic carbocycles. The van der Waals surface area contributed by atoms with Crippen LogP contribution in [-0.2, 0) is 6.54 Å². The van der Waals surface area contributed by atoms with Crippen LogP contribution in [0.1, 0.15) is 33.3 Å². The van der Waals surface area contributed by atoms with Gasteiger partial charge in [0.25, 0.3) is 0 Å². The average Bonchev–Trinajstić information content (AvgIpc) is 2.29. The maximum absolute atomic E-state index is 5.50. The molecule has 0 aliphatic heterocycles. The topological polar surface area (TPSA) is 30.5 Å². The molecular formula is C15H25NO2. The fourth-order valence-corrected chi connectivity index (χ4v) is 1.68. The van der Waals surface area contributed by atoms with E-state index in [1.54, 1.807) is 7.11 Å². The van der Waals surface area contributed by atoms with Crippen molar-refractivity contribution in [2.75, 3.05) is 20.3 Å². The minimum Gasteiger partial charge on any atom is -0.493 e. The third-order valence-corrected chi connectivity index (χ3v) is 2.51. The summed E-state index contributed by atoms with van der Waals surface area (Å²) in [5, 5.41) is 3.45. The highest BCUT2D eigenvalue weighted by molar-refractivity contribution is 5.42. The normalized spacial score (nSPS) is 11.4. The van der Waals surface area contributed by atoms with Gasteiger partial charge in [0.2, 0.25) is 0 Å². The first-order valence-corrected chi connectivity index (χ1v) is 6.46. The second-order valence-corrected chi connectivity index (χ2v) is 5.58. The summed E-state index contributed by atoms with van der Waals surface area (Å²) < 4.78 is 10.8. The molecule has 0 amide bonds. The summed E-state index contributed by atoms with van der Waals surface area (Å²) in [6.45, 7) is 11.1. The number of ether oxygens (including phenoxy) is 2. The fraction of sp³-hybridized carbons (Fsp3) is 0.600. The number of nitrogens with one attached hydrogen (secondary N) is 1. The highest BCUT2D eigenvalue weighted by Gasteiger charge is 2.10. The Hall–Kier alpha value is -1.22. The van der Waals surface area contributed by atoms with E-state index < -0.39 is 0 Å². The standard InChI is InChI=1S/C15H25NO2/c1-6-18-13-8-7-12(9-14(13)17-5)10-16-11-15(2,3)4/h7-9,16H,6,10-11H2,1-5H3. The molecule has 1 rings (SSSR count). The summed E-state index contributed by atoms with van der Waals surface area (Å²) in [4.78, 5) is 0. The van der Waals surface area contributed by atoms with Gasteiger partial charge in [-0.15, -0.1) is 0 Å². The zero-order valence-electron chi connectivity index (χ0n) is 12.2. The second-order valence-electron chi connectivity index (χ2n) is 5.58. The monoisotopic (exact) mass is 251 g/mol. The Labute approximate surface area is 110 Å². The zero-order valence-corrected chi connectivity index (χ0v) is 12.2. The van der Waals surface area contributed by atoms with Crippen molar-refractivity contribution < 1.29 is 9.47 Å². The molecule has 0 fully saturated rings. The van der Waals surface area contributed by atoms with Gasteiger partial charge in [0.15, 0.2) is 11.5 Å². The molecule has 1 N–H and O–H groups in total. The van der Waals surface area contributed by atoms with Gasteiger partial charge in [-0.1, -0.05) is 26.8 Å². The van der Waals surface area contributed by atoms with Crippen LogP contribution >= 0.6 is 0 Å². The van der Waals surface area contributed by atoms with Crippen LogP contribution in [0.5, 0.6) is 11.5 Å². The van der Waals surface area contributed by atoms with Crippen molar-refractivity contribution in [2.45, 2.75) is 34.2 Å².